The van der Waals surface area contributed by atoms with E-state index in [4.69, 9.17) is 9.29 Å². The number of pyridine rings is 1. The van der Waals surface area contributed by atoms with Crippen molar-refractivity contribution in [2.45, 2.75) is 13.2 Å². The van der Waals surface area contributed by atoms with Gasteiger partial charge in [-0.15, -0.1) is 0 Å². The van der Waals surface area contributed by atoms with Crippen LogP contribution in [-0.2, 0) is 28.0 Å². The topological polar surface area (TPSA) is 166 Å². The fraction of sp³-hybridized carbons (Fsp3) is 0.278. The van der Waals surface area contributed by atoms with E-state index < -0.39 is 16.2 Å². The molecular weight excluding hydrogens is 418 g/mol. The van der Waals surface area contributed by atoms with Gasteiger partial charge in [0.1, 0.15) is 5.56 Å². The van der Waals surface area contributed by atoms with Crippen molar-refractivity contribution in [1.82, 2.24) is 10.6 Å². The Balaban J connectivity index is 0.000000804. The average molecular weight is 442 g/mol. The Hall–Kier alpha value is -3.38. The fourth-order valence-corrected chi connectivity index (χ4v) is 2.10. The largest absolute Gasteiger partial charge is 0.504 e. The first-order valence-electron chi connectivity index (χ1n) is 8.54. The van der Waals surface area contributed by atoms with Gasteiger partial charge >= 0.3 is 6.09 Å². The summed E-state index contributed by atoms with van der Waals surface area (Å²) in [6, 6.07) is 7.81. The van der Waals surface area contributed by atoms with E-state index in [-0.39, 0.29) is 24.1 Å². The number of alkyl carbamates (subject to hydrolysis) is 1. The molecular formula is C18H24N3O8S+. The first kappa shape index (κ1) is 24.7. The number of carbonyl (C=O) groups is 2. The van der Waals surface area contributed by atoms with Gasteiger partial charge in [-0.1, -0.05) is 6.07 Å². The molecule has 2 rings (SSSR count). The quantitative estimate of drug-likeness (QED) is 0.240. The number of phenolic OH excluding ortho intramolecular Hbond substituents is 2. The van der Waals surface area contributed by atoms with Gasteiger partial charge in [-0.3, -0.25) is 9.35 Å². The molecule has 11 nitrogen and oxygen atoms in total. The number of phenols is 2. The minimum absolute atomic E-state index is 0.0311. The van der Waals surface area contributed by atoms with E-state index in [1.807, 2.05) is 0 Å². The van der Waals surface area contributed by atoms with E-state index in [9.17, 15) is 28.2 Å². The van der Waals surface area contributed by atoms with E-state index in [0.717, 1.165) is 5.56 Å². The lowest BCUT2D eigenvalue weighted by Gasteiger charge is -2.06. The van der Waals surface area contributed by atoms with Crippen molar-refractivity contribution in [2.75, 3.05) is 19.8 Å². The first-order chi connectivity index (χ1) is 14.0. The van der Waals surface area contributed by atoms with Crippen LogP contribution in [0.1, 0.15) is 15.9 Å². The molecule has 0 spiro atoms. The van der Waals surface area contributed by atoms with Crippen LogP contribution in [-0.4, -0.2) is 55.0 Å². The van der Waals surface area contributed by atoms with Crippen LogP contribution in [0.25, 0.3) is 0 Å². The Labute approximate surface area is 173 Å². The molecule has 0 aliphatic rings. The van der Waals surface area contributed by atoms with Gasteiger partial charge in [0.15, 0.2) is 23.9 Å². The van der Waals surface area contributed by atoms with Gasteiger partial charge in [0.05, 0.1) is 6.26 Å². The second kappa shape index (κ2) is 11.6. The predicted molar refractivity (Wildman–Crippen MR) is 105 cm³/mol. The first-order valence-corrected chi connectivity index (χ1v) is 10.4. The molecule has 1 aromatic carbocycles. The van der Waals surface area contributed by atoms with Gasteiger partial charge in [-0.25, -0.2) is 4.79 Å². The smallest absolute Gasteiger partial charge is 0.412 e. The zero-order chi connectivity index (χ0) is 22.7. The molecule has 2 amide bonds. The van der Waals surface area contributed by atoms with Crippen molar-refractivity contribution < 1.29 is 42.1 Å². The Morgan fingerprint density at radius 2 is 1.83 bits per heavy atom. The van der Waals surface area contributed by atoms with Crippen LogP contribution in [0.15, 0.2) is 42.7 Å². The maximum Gasteiger partial charge on any atom is 0.412 e. The van der Waals surface area contributed by atoms with E-state index in [1.54, 1.807) is 35.2 Å². The summed E-state index contributed by atoms with van der Waals surface area (Å²) in [7, 11) is -2.13. The molecule has 0 atom stereocenters. The summed E-state index contributed by atoms with van der Waals surface area (Å²) in [6.45, 7) is 0.280. The summed E-state index contributed by atoms with van der Waals surface area (Å²) in [6.07, 6.45) is 3.85. The zero-order valence-corrected chi connectivity index (χ0v) is 17.2. The van der Waals surface area contributed by atoms with Gasteiger partial charge in [0.2, 0.25) is 0 Å². The summed E-state index contributed by atoms with van der Waals surface area (Å²) < 4.78 is 32.5. The summed E-state index contributed by atoms with van der Waals surface area (Å²) in [5, 5.41) is 23.7. The number of ether oxygens (including phenoxy) is 1. The standard InChI is InChI=1S/C17H19N3O5.CH4O3S/c1-18-16(23)13-3-2-8-20(10-13)11-25-17(24)19-7-6-12-4-5-14(21)15(22)9-12;1-5(2,3)4/h2-5,8-10H,6-7,11H2,1H3,(H3-,18,19,21,22,23,24);1H3,(H,2,3,4)/p+1. The molecule has 0 unspecified atom stereocenters. The average Bonchev–Trinajstić information content (AvgIpc) is 2.67. The number of benzene rings is 1. The second-order valence-electron chi connectivity index (χ2n) is 5.98. The molecule has 0 fully saturated rings. The molecule has 164 valence electrons. The lowest BCUT2D eigenvalue weighted by atomic mass is 10.1. The summed E-state index contributed by atoms with van der Waals surface area (Å²) >= 11 is 0. The van der Waals surface area contributed by atoms with E-state index in [1.165, 1.54) is 19.2 Å². The number of aromatic hydroxyl groups is 2. The van der Waals surface area contributed by atoms with Gasteiger partial charge in [0.25, 0.3) is 22.8 Å². The molecule has 0 aliphatic heterocycles. The molecule has 30 heavy (non-hydrogen) atoms. The SMILES string of the molecule is CNC(=O)c1ccc[n+](COC(=O)NCCc2ccc(O)c(O)c2)c1.CS(=O)(=O)O. The monoisotopic (exact) mass is 442 g/mol. The highest BCUT2D eigenvalue weighted by atomic mass is 32.2. The highest BCUT2D eigenvalue weighted by Gasteiger charge is 2.11. The van der Waals surface area contributed by atoms with Gasteiger partial charge < -0.3 is 25.6 Å². The van der Waals surface area contributed by atoms with E-state index in [0.29, 0.717) is 24.8 Å². The van der Waals surface area contributed by atoms with Crippen molar-refractivity contribution in [3.63, 3.8) is 0 Å². The number of carbonyl (C=O) groups excluding carboxylic acids is 2. The van der Waals surface area contributed by atoms with E-state index >= 15 is 0 Å². The molecule has 0 saturated heterocycles. The molecule has 5 N–H and O–H groups in total. The van der Waals surface area contributed by atoms with Crippen LogP contribution in [0, 0.1) is 0 Å². The van der Waals surface area contributed by atoms with E-state index in [2.05, 4.69) is 10.6 Å². The minimum Gasteiger partial charge on any atom is -0.504 e. The maximum atomic E-state index is 11.7. The normalized spacial score (nSPS) is 10.4. The number of hydrogen-bond donors (Lipinski definition) is 5. The number of aromatic nitrogens is 1. The van der Waals surface area contributed by atoms with Crippen LogP contribution in [0.5, 0.6) is 11.5 Å². The highest BCUT2D eigenvalue weighted by Crippen LogP contribution is 2.24. The lowest BCUT2D eigenvalue weighted by molar-refractivity contribution is -0.727. The van der Waals surface area contributed by atoms with Gasteiger partial charge in [0, 0.05) is 19.7 Å². The van der Waals surface area contributed by atoms with Crippen LogP contribution in [0.3, 0.4) is 0 Å². The Bertz CT molecular complexity index is 971. The maximum absolute atomic E-state index is 11.7. The van der Waals surface area contributed by atoms with Crippen LogP contribution in [0.2, 0.25) is 0 Å². The number of nitrogens with zero attached hydrogens (tertiary/aromatic N) is 1. The number of nitrogens with one attached hydrogen (secondary N) is 2. The number of amides is 2. The van der Waals surface area contributed by atoms with Gasteiger partial charge in [-0.2, -0.15) is 13.0 Å². The summed E-state index contributed by atoms with van der Waals surface area (Å²) in [5.74, 6) is -0.615. The molecule has 12 heteroatoms. The molecule has 0 saturated carbocycles. The number of hydrogen-bond acceptors (Lipinski definition) is 7. The minimum atomic E-state index is -3.67. The fourth-order valence-electron chi connectivity index (χ4n) is 2.10. The van der Waals surface area contributed by atoms with Crippen molar-refractivity contribution >= 4 is 22.1 Å². The molecule has 0 aliphatic carbocycles. The van der Waals surface area contributed by atoms with Crippen LogP contribution >= 0.6 is 0 Å². The Morgan fingerprint density at radius 3 is 2.43 bits per heavy atom. The van der Waals surface area contributed by atoms with Crippen molar-refractivity contribution in [2.24, 2.45) is 0 Å². The molecule has 1 aromatic heterocycles. The van der Waals surface area contributed by atoms with Crippen LogP contribution in [0.4, 0.5) is 4.79 Å². The highest BCUT2D eigenvalue weighted by molar-refractivity contribution is 7.85. The summed E-state index contributed by atoms with van der Waals surface area (Å²) in [4.78, 5) is 23.2. The third-order valence-corrected chi connectivity index (χ3v) is 3.42. The van der Waals surface area contributed by atoms with Crippen molar-refractivity contribution in [3.8, 4) is 11.5 Å². The summed E-state index contributed by atoms with van der Waals surface area (Å²) in [5.41, 5.74) is 1.23. The third-order valence-electron chi connectivity index (χ3n) is 3.42. The zero-order valence-electron chi connectivity index (χ0n) is 16.4. The predicted octanol–water partition coefficient (Wildman–Crippen LogP) is 0.175. The van der Waals surface area contributed by atoms with Gasteiger partial charge in [-0.05, 0) is 30.2 Å². The van der Waals surface area contributed by atoms with Crippen LogP contribution < -0.4 is 15.2 Å². The Morgan fingerprint density at radius 1 is 1.17 bits per heavy atom. The molecule has 2 aromatic rings. The molecule has 0 bridgehead atoms. The Kier molecular flexibility index (Phi) is 9.52. The number of rotatable bonds is 6. The third kappa shape index (κ3) is 10.2. The molecule has 0 radical (unpaired) electrons. The van der Waals surface area contributed by atoms with Crippen molar-refractivity contribution in [1.29, 1.82) is 0 Å². The van der Waals surface area contributed by atoms with Crippen molar-refractivity contribution in [3.05, 3.63) is 53.9 Å². The molecule has 1 heterocycles. The second-order valence-corrected chi connectivity index (χ2v) is 7.45. The lowest BCUT2D eigenvalue weighted by Crippen LogP contribution is -2.39.